The number of methoxy groups -OCH3 is 1. The molecule has 0 bridgehead atoms. The van der Waals surface area contributed by atoms with Crippen LogP contribution in [0.2, 0.25) is 5.02 Å². The number of halogens is 1. The van der Waals surface area contributed by atoms with Crippen LogP contribution in [-0.4, -0.2) is 27.7 Å². The number of hydrogen-bond acceptors (Lipinski definition) is 6. The quantitative estimate of drug-likeness (QED) is 0.445. The van der Waals surface area contributed by atoms with Crippen LogP contribution in [0.25, 0.3) is 0 Å². The number of anilines is 1. The average molecular weight is 458 g/mol. The number of hydrogen-bond donors (Lipinski definition) is 2. The predicted octanol–water partition coefficient (Wildman–Crippen LogP) is 3.91. The van der Waals surface area contributed by atoms with Gasteiger partial charge in [-0.1, -0.05) is 47.6 Å². The van der Waals surface area contributed by atoms with Crippen LogP contribution in [0.3, 0.4) is 0 Å². The molecule has 4 rings (SSSR count). The molecule has 2 N–H and O–H groups in total. The van der Waals surface area contributed by atoms with E-state index >= 15 is 0 Å². The Morgan fingerprint density at radius 1 is 1.29 bits per heavy atom. The van der Waals surface area contributed by atoms with E-state index in [1.54, 1.807) is 17.7 Å². The number of carbonyl (C=O) groups is 1. The molecule has 7 nitrogen and oxygen atoms in total. The van der Waals surface area contributed by atoms with Crippen LogP contribution in [0, 0.1) is 0 Å². The summed E-state index contributed by atoms with van der Waals surface area (Å²) in [5.74, 6) is 0.646. The first-order valence-corrected chi connectivity index (χ1v) is 10.9. The lowest BCUT2D eigenvalue weighted by atomic mass is 9.86. The number of aromatic hydroxyl groups is 1. The summed E-state index contributed by atoms with van der Waals surface area (Å²) < 4.78 is 7.10. The molecule has 0 spiro atoms. The summed E-state index contributed by atoms with van der Waals surface area (Å²) in [5.41, 5.74) is 1.56. The molecule has 0 saturated carbocycles. The smallest absolute Gasteiger partial charge is 0.279 e. The van der Waals surface area contributed by atoms with Crippen molar-refractivity contribution in [2.45, 2.75) is 23.2 Å². The molecule has 1 atom stereocenters. The van der Waals surface area contributed by atoms with Crippen molar-refractivity contribution in [1.82, 2.24) is 9.55 Å². The third-order valence-electron chi connectivity index (χ3n) is 5.21. The number of carbonyl (C=O) groups excluding carboxylic acids is 1. The van der Waals surface area contributed by atoms with E-state index < -0.39 is 11.5 Å². The van der Waals surface area contributed by atoms with Crippen molar-refractivity contribution in [2.75, 3.05) is 12.4 Å². The summed E-state index contributed by atoms with van der Waals surface area (Å²) in [7, 11) is 3.24. The molecule has 1 aliphatic rings. The number of benzene rings is 2. The van der Waals surface area contributed by atoms with Crippen LogP contribution in [0.5, 0.6) is 11.5 Å². The monoisotopic (exact) mass is 457 g/mol. The fourth-order valence-electron chi connectivity index (χ4n) is 3.68. The van der Waals surface area contributed by atoms with E-state index in [2.05, 4.69) is 10.3 Å². The van der Waals surface area contributed by atoms with Crippen molar-refractivity contribution >= 4 is 35.1 Å². The largest absolute Gasteiger partial charge is 0.508 e. The Hall–Kier alpha value is -2.97. The maximum absolute atomic E-state index is 13.1. The number of nitrogens with one attached hydrogen (secondary N) is 1. The van der Waals surface area contributed by atoms with Crippen molar-refractivity contribution in [3.8, 4) is 11.5 Å². The first-order valence-electron chi connectivity index (χ1n) is 9.53. The lowest BCUT2D eigenvalue weighted by Crippen LogP contribution is -2.33. The summed E-state index contributed by atoms with van der Waals surface area (Å²) in [6, 6.07) is 12.1. The van der Waals surface area contributed by atoms with Gasteiger partial charge in [0.1, 0.15) is 17.3 Å². The van der Waals surface area contributed by atoms with Crippen LogP contribution < -0.4 is 15.6 Å². The molecule has 0 fully saturated rings. The van der Waals surface area contributed by atoms with Crippen molar-refractivity contribution in [1.29, 1.82) is 0 Å². The second kappa shape index (κ2) is 8.64. The molecule has 1 aliphatic heterocycles. The number of nitrogens with zero attached hydrogens (tertiary/aromatic N) is 2. The molecular formula is C22H20ClN3O4S. The highest BCUT2D eigenvalue weighted by Gasteiger charge is 2.33. The second-order valence-corrected chi connectivity index (χ2v) is 8.48. The maximum Gasteiger partial charge on any atom is 0.279 e. The van der Waals surface area contributed by atoms with Crippen molar-refractivity contribution in [3.63, 3.8) is 0 Å². The highest BCUT2D eigenvalue weighted by Crippen LogP contribution is 2.40. The Kier molecular flexibility index (Phi) is 5.93. The van der Waals surface area contributed by atoms with Crippen LogP contribution >= 0.6 is 23.4 Å². The molecule has 2 aromatic carbocycles. The number of thioether (sulfide) groups is 1. The fourth-order valence-corrected chi connectivity index (χ4v) is 4.93. The molecule has 0 aliphatic carbocycles. The molecule has 0 radical (unpaired) electrons. The van der Waals surface area contributed by atoms with E-state index in [4.69, 9.17) is 16.3 Å². The topological polar surface area (TPSA) is 93.4 Å². The Labute approximate surface area is 188 Å². The van der Waals surface area contributed by atoms with Gasteiger partial charge in [0.2, 0.25) is 5.91 Å². The zero-order valence-electron chi connectivity index (χ0n) is 16.9. The van der Waals surface area contributed by atoms with Crippen LogP contribution in [0.4, 0.5) is 5.82 Å². The third-order valence-corrected chi connectivity index (χ3v) is 6.66. The molecule has 3 aromatic rings. The standard InChI is InChI=1S/C22H20ClN3O4S/c1-26-20-19(21(29)25-22(26)31-11-12-5-3-4-6-16(12)23)15(10-18(28)24-20)14-8-7-13(27)9-17(14)30-2/h3-9,15,27H,10-11H2,1-2H3,(H,24,28). The van der Waals surface area contributed by atoms with E-state index in [-0.39, 0.29) is 18.1 Å². The Morgan fingerprint density at radius 2 is 2.06 bits per heavy atom. The van der Waals surface area contributed by atoms with Gasteiger partial charge in [-0.05, 0) is 17.7 Å². The number of amides is 1. The molecule has 160 valence electrons. The second-order valence-electron chi connectivity index (χ2n) is 7.13. The van der Waals surface area contributed by atoms with Gasteiger partial charge in [0.05, 0.1) is 12.7 Å². The molecule has 31 heavy (non-hydrogen) atoms. The normalized spacial score (nSPS) is 15.3. The van der Waals surface area contributed by atoms with Crippen LogP contribution in [-0.2, 0) is 17.6 Å². The van der Waals surface area contributed by atoms with Gasteiger partial charge in [0.15, 0.2) is 5.16 Å². The van der Waals surface area contributed by atoms with Gasteiger partial charge >= 0.3 is 0 Å². The number of ether oxygens (including phenoxy) is 1. The minimum atomic E-state index is -0.534. The van der Waals surface area contributed by atoms with Gasteiger partial charge in [-0.25, -0.2) is 0 Å². The summed E-state index contributed by atoms with van der Waals surface area (Å²) in [6.45, 7) is 0. The molecule has 0 saturated heterocycles. The van der Waals surface area contributed by atoms with E-state index in [1.807, 2.05) is 24.3 Å². The van der Waals surface area contributed by atoms with E-state index in [0.717, 1.165) is 5.56 Å². The minimum absolute atomic E-state index is 0.0402. The summed E-state index contributed by atoms with van der Waals surface area (Å²) in [5, 5.41) is 13.7. The zero-order valence-corrected chi connectivity index (χ0v) is 18.5. The van der Waals surface area contributed by atoms with Gasteiger partial charge in [-0.2, -0.15) is 4.98 Å². The third kappa shape index (κ3) is 4.13. The molecule has 2 heterocycles. The predicted molar refractivity (Wildman–Crippen MR) is 120 cm³/mol. The molecule has 1 aromatic heterocycles. The van der Waals surface area contributed by atoms with E-state index in [0.29, 0.717) is 38.6 Å². The van der Waals surface area contributed by atoms with Crippen molar-refractivity contribution in [3.05, 3.63) is 74.5 Å². The number of fused-ring (bicyclic) bond motifs is 1. The van der Waals surface area contributed by atoms with Crippen molar-refractivity contribution < 1.29 is 14.6 Å². The molecule has 9 heteroatoms. The Bertz CT molecular complexity index is 1230. The highest BCUT2D eigenvalue weighted by atomic mass is 35.5. The first-order chi connectivity index (χ1) is 14.9. The summed E-state index contributed by atoms with van der Waals surface area (Å²) >= 11 is 7.60. The van der Waals surface area contributed by atoms with Gasteiger partial charge in [-0.3, -0.25) is 9.59 Å². The number of aromatic nitrogens is 2. The fraction of sp³-hybridized carbons (Fsp3) is 0.227. The lowest BCUT2D eigenvalue weighted by Gasteiger charge is -2.28. The van der Waals surface area contributed by atoms with E-state index in [1.165, 1.54) is 31.0 Å². The van der Waals surface area contributed by atoms with Crippen LogP contribution in [0.15, 0.2) is 52.4 Å². The molecule has 1 amide bonds. The van der Waals surface area contributed by atoms with Gasteiger partial charge in [0.25, 0.3) is 5.56 Å². The highest BCUT2D eigenvalue weighted by molar-refractivity contribution is 7.98. The van der Waals surface area contributed by atoms with E-state index in [9.17, 15) is 14.7 Å². The zero-order chi connectivity index (χ0) is 22.1. The Morgan fingerprint density at radius 3 is 2.81 bits per heavy atom. The SMILES string of the molecule is COc1cc(O)ccc1C1CC(=O)Nc2c1c(=O)nc(SCc1ccccc1Cl)n2C. The average Bonchev–Trinajstić information content (AvgIpc) is 2.75. The number of phenolic OH excluding ortho intramolecular Hbond substituents is 1. The lowest BCUT2D eigenvalue weighted by molar-refractivity contribution is -0.116. The Balaban J connectivity index is 1.76. The van der Waals surface area contributed by atoms with Crippen molar-refractivity contribution in [2.24, 2.45) is 7.05 Å². The number of phenols is 1. The summed E-state index contributed by atoms with van der Waals surface area (Å²) in [4.78, 5) is 29.9. The minimum Gasteiger partial charge on any atom is -0.508 e. The molecule has 1 unspecified atom stereocenters. The first kappa shape index (κ1) is 21.3. The van der Waals surface area contributed by atoms with Gasteiger partial charge < -0.3 is 19.7 Å². The maximum atomic E-state index is 13.1. The number of rotatable bonds is 5. The summed E-state index contributed by atoms with van der Waals surface area (Å²) in [6.07, 6.45) is 0.0805. The molecular weight excluding hydrogens is 438 g/mol. The van der Waals surface area contributed by atoms with Crippen LogP contribution in [0.1, 0.15) is 29.0 Å². The van der Waals surface area contributed by atoms with Gasteiger partial charge in [0, 0.05) is 41.8 Å². The van der Waals surface area contributed by atoms with Gasteiger partial charge in [-0.15, -0.1) is 0 Å².